The topological polar surface area (TPSA) is 116 Å². The van der Waals surface area contributed by atoms with Crippen LogP contribution in [0.4, 0.5) is 16.2 Å². The predicted molar refractivity (Wildman–Crippen MR) is 120 cm³/mol. The van der Waals surface area contributed by atoms with Crippen LogP contribution in [0.2, 0.25) is 0 Å². The summed E-state index contributed by atoms with van der Waals surface area (Å²) in [7, 11) is 0. The van der Waals surface area contributed by atoms with Crippen LogP contribution in [0, 0.1) is 6.92 Å². The number of aryl methyl sites for hydroxylation is 1. The third-order valence-corrected chi connectivity index (χ3v) is 5.05. The molecule has 0 fully saturated rings. The van der Waals surface area contributed by atoms with E-state index in [1.54, 1.807) is 31.2 Å². The van der Waals surface area contributed by atoms with Gasteiger partial charge in [0.05, 0.1) is 12.2 Å². The number of imidazole rings is 1. The molecule has 8 nitrogen and oxygen atoms in total. The Morgan fingerprint density at radius 1 is 1.06 bits per heavy atom. The number of benzene rings is 2. The number of nitrogens with zero attached hydrogens (tertiary/aromatic N) is 1. The third kappa shape index (κ3) is 5.63. The van der Waals surface area contributed by atoms with Crippen molar-refractivity contribution in [2.45, 2.75) is 39.7 Å². The number of para-hydroxylation sites is 1. The van der Waals surface area contributed by atoms with Crippen LogP contribution < -0.4 is 16.3 Å². The molecule has 4 N–H and O–H groups in total. The summed E-state index contributed by atoms with van der Waals surface area (Å²) >= 11 is 0. The van der Waals surface area contributed by atoms with Gasteiger partial charge in [-0.15, -0.1) is 0 Å². The van der Waals surface area contributed by atoms with Gasteiger partial charge in [-0.05, 0) is 36.2 Å². The molecule has 0 saturated carbocycles. The van der Waals surface area contributed by atoms with Gasteiger partial charge in [0.15, 0.2) is 0 Å². The summed E-state index contributed by atoms with van der Waals surface area (Å²) in [5.41, 5.74) is 3.09. The molecule has 2 amide bonds. The average molecular weight is 422 g/mol. The van der Waals surface area contributed by atoms with Crippen LogP contribution >= 0.6 is 0 Å². The Bertz CT molecular complexity index is 1130. The van der Waals surface area contributed by atoms with Crippen molar-refractivity contribution in [3.05, 3.63) is 75.8 Å². The van der Waals surface area contributed by atoms with Crippen LogP contribution in [0.1, 0.15) is 36.6 Å². The molecule has 0 unspecified atom stereocenters. The lowest BCUT2D eigenvalue weighted by Gasteiger charge is -2.11. The monoisotopic (exact) mass is 422 g/mol. The lowest BCUT2D eigenvalue weighted by Crippen LogP contribution is -2.21. The number of nitrogens with one attached hydrogen (secondary N) is 3. The first-order valence-corrected chi connectivity index (χ1v) is 10.1. The Labute approximate surface area is 179 Å². The van der Waals surface area contributed by atoms with E-state index in [1.165, 1.54) is 4.57 Å². The van der Waals surface area contributed by atoms with Gasteiger partial charge in [-0.2, -0.15) is 0 Å². The Balaban J connectivity index is 1.66. The zero-order valence-electron chi connectivity index (χ0n) is 17.6. The molecule has 31 heavy (non-hydrogen) atoms. The lowest BCUT2D eigenvalue weighted by molar-refractivity contribution is -0.118. The third-order valence-electron chi connectivity index (χ3n) is 5.05. The van der Waals surface area contributed by atoms with Crippen molar-refractivity contribution in [3.63, 3.8) is 0 Å². The number of amides is 2. The number of aromatic hydroxyl groups is 1. The van der Waals surface area contributed by atoms with Crippen molar-refractivity contribution in [3.8, 4) is 5.88 Å². The summed E-state index contributed by atoms with van der Waals surface area (Å²) in [4.78, 5) is 38.4. The first-order chi connectivity index (χ1) is 14.9. The van der Waals surface area contributed by atoms with E-state index in [0.29, 0.717) is 17.8 Å². The fourth-order valence-corrected chi connectivity index (χ4v) is 3.22. The Kier molecular flexibility index (Phi) is 6.92. The molecule has 162 valence electrons. The summed E-state index contributed by atoms with van der Waals surface area (Å²) < 4.78 is 1.42. The van der Waals surface area contributed by atoms with E-state index in [1.807, 2.05) is 31.2 Å². The Morgan fingerprint density at radius 3 is 2.45 bits per heavy atom. The summed E-state index contributed by atoms with van der Waals surface area (Å²) in [6.45, 7) is 3.93. The van der Waals surface area contributed by atoms with Gasteiger partial charge in [-0.1, -0.05) is 37.3 Å². The minimum atomic E-state index is -0.434. The van der Waals surface area contributed by atoms with E-state index >= 15 is 0 Å². The van der Waals surface area contributed by atoms with Crippen molar-refractivity contribution in [1.82, 2.24) is 9.55 Å². The molecule has 1 heterocycles. The molecule has 2 aromatic carbocycles. The molecule has 1 aromatic heterocycles. The number of hydrogen-bond acceptors (Lipinski definition) is 4. The molecule has 8 heteroatoms. The zero-order chi connectivity index (χ0) is 22.4. The number of ketones is 1. The molecule has 0 aliphatic carbocycles. The number of carbonyl (C=O) groups excluding carboxylic acids is 2. The number of urea groups is 1. The second-order valence-electron chi connectivity index (χ2n) is 7.29. The van der Waals surface area contributed by atoms with Gasteiger partial charge in [0.1, 0.15) is 5.78 Å². The highest BCUT2D eigenvalue weighted by Crippen LogP contribution is 2.18. The molecule has 0 aliphatic heterocycles. The number of aromatic nitrogens is 2. The number of anilines is 2. The number of hydrogen-bond donors (Lipinski definition) is 4. The number of rotatable bonds is 8. The van der Waals surface area contributed by atoms with Crippen LogP contribution in [0.5, 0.6) is 5.88 Å². The minimum absolute atomic E-state index is 0.0685. The van der Waals surface area contributed by atoms with Crippen molar-refractivity contribution in [2.24, 2.45) is 0 Å². The molecule has 0 bridgehead atoms. The van der Waals surface area contributed by atoms with E-state index in [-0.39, 0.29) is 37.1 Å². The fraction of sp³-hybridized carbons (Fsp3) is 0.261. The van der Waals surface area contributed by atoms with E-state index in [2.05, 4.69) is 15.6 Å². The van der Waals surface area contributed by atoms with Crippen molar-refractivity contribution >= 4 is 23.2 Å². The van der Waals surface area contributed by atoms with Crippen LogP contribution in [0.15, 0.2) is 53.3 Å². The molecule has 0 radical (unpaired) electrons. The van der Waals surface area contributed by atoms with Crippen LogP contribution in [0.25, 0.3) is 0 Å². The molecule has 3 aromatic rings. The first kappa shape index (κ1) is 21.9. The first-order valence-electron chi connectivity index (χ1n) is 10.1. The second-order valence-corrected chi connectivity index (χ2v) is 7.29. The molecule has 0 saturated heterocycles. The van der Waals surface area contributed by atoms with Gasteiger partial charge in [0, 0.05) is 30.6 Å². The smallest absolute Gasteiger partial charge is 0.328 e. The molecule has 0 spiro atoms. The number of H-pyrrole nitrogens is 1. The van der Waals surface area contributed by atoms with Gasteiger partial charge >= 0.3 is 11.7 Å². The van der Waals surface area contributed by atoms with Crippen molar-refractivity contribution < 1.29 is 14.7 Å². The van der Waals surface area contributed by atoms with E-state index in [0.717, 1.165) is 16.8 Å². The van der Waals surface area contributed by atoms with Gasteiger partial charge in [-0.25, -0.2) is 9.59 Å². The average Bonchev–Trinajstić information content (AvgIpc) is 3.01. The Morgan fingerprint density at radius 2 is 1.77 bits per heavy atom. The highest BCUT2D eigenvalue weighted by molar-refractivity contribution is 6.00. The minimum Gasteiger partial charge on any atom is -0.493 e. The number of Topliss-reactive ketones (excluding diaryl/α,β-unsaturated/α-hetero) is 1. The maximum Gasteiger partial charge on any atom is 0.328 e. The van der Waals surface area contributed by atoms with Gasteiger partial charge in [-0.3, -0.25) is 14.3 Å². The maximum atomic E-state index is 12.2. The van der Waals surface area contributed by atoms with Gasteiger partial charge < -0.3 is 15.7 Å². The molecule has 0 aliphatic rings. The van der Waals surface area contributed by atoms with Crippen LogP contribution in [-0.4, -0.2) is 26.5 Å². The molecular formula is C23H26N4O4. The fourth-order valence-electron chi connectivity index (χ4n) is 3.22. The summed E-state index contributed by atoms with van der Waals surface area (Å²) in [6, 6.07) is 14.2. The molecule has 3 rings (SSSR count). The van der Waals surface area contributed by atoms with Crippen LogP contribution in [0.3, 0.4) is 0 Å². The van der Waals surface area contributed by atoms with Gasteiger partial charge in [0.25, 0.3) is 0 Å². The summed E-state index contributed by atoms with van der Waals surface area (Å²) in [5.74, 6) is -0.140. The molecular weight excluding hydrogens is 396 g/mol. The van der Waals surface area contributed by atoms with E-state index in [9.17, 15) is 19.5 Å². The lowest BCUT2D eigenvalue weighted by atomic mass is 10.1. The highest BCUT2D eigenvalue weighted by atomic mass is 16.3. The van der Waals surface area contributed by atoms with Crippen molar-refractivity contribution in [2.75, 3.05) is 10.6 Å². The SMILES string of the molecule is CCC(=O)CCc1c(O)[nH]c(=O)n1Cc1ccc(NC(=O)Nc2ccccc2C)cc1. The Hall–Kier alpha value is -3.81. The van der Waals surface area contributed by atoms with Gasteiger partial charge in [0.2, 0.25) is 5.88 Å². The van der Waals surface area contributed by atoms with Crippen molar-refractivity contribution in [1.29, 1.82) is 0 Å². The second kappa shape index (κ2) is 9.80. The number of aromatic amines is 1. The van der Waals surface area contributed by atoms with E-state index < -0.39 is 5.69 Å². The standard InChI is InChI=1S/C23H26N4O4/c1-3-18(28)12-13-20-21(29)26-23(31)27(20)14-16-8-10-17(11-9-16)24-22(30)25-19-7-5-4-6-15(19)2/h4-11,29H,3,12-14H2,1-2H3,(H,26,31)(H2,24,25,30). The van der Waals surface area contributed by atoms with E-state index in [4.69, 9.17) is 0 Å². The maximum absolute atomic E-state index is 12.2. The zero-order valence-corrected chi connectivity index (χ0v) is 17.6. The largest absolute Gasteiger partial charge is 0.493 e. The summed E-state index contributed by atoms with van der Waals surface area (Å²) in [6.07, 6.45) is 0.970. The number of carbonyl (C=O) groups is 2. The quantitative estimate of drug-likeness (QED) is 0.442. The normalized spacial score (nSPS) is 10.6. The predicted octanol–water partition coefficient (Wildman–Crippen LogP) is 3.79. The van der Waals surface area contributed by atoms with Crippen LogP contribution in [-0.2, 0) is 17.8 Å². The summed E-state index contributed by atoms with van der Waals surface area (Å²) in [5, 5.41) is 15.6. The molecule has 0 atom stereocenters. The highest BCUT2D eigenvalue weighted by Gasteiger charge is 2.15.